The molecule has 0 unspecified atom stereocenters. The minimum atomic E-state index is -0.439. The van der Waals surface area contributed by atoms with Crippen LogP contribution in [-0.2, 0) is 0 Å². The summed E-state index contributed by atoms with van der Waals surface area (Å²) < 4.78 is 5.08. The lowest BCUT2D eigenvalue weighted by atomic mass is 9.92. The van der Waals surface area contributed by atoms with Crippen LogP contribution in [-0.4, -0.2) is 17.1 Å². The maximum absolute atomic E-state index is 11.5. The Bertz CT molecular complexity index is 891. The molecule has 0 saturated heterocycles. The molecule has 0 bridgehead atoms. The quantitative estimate of drug-likeness (QED) is 0.561. The number of aromatic hydroxyl groups is 1. The first kappa shape index (κ1) is 15.6. The molecule has 5 heteroatoms. The second-order valence-electron chi connectivity index (χ2n) is 5.21. The zero-order valence-electron chi connectivity index (χ0n) is 13.0. The number of rotatable bonds is 4. The van der Waals surface area contributed by atoms with E-state index in [1.54, 1.807) is 24.3 Å². The number of nitro groups is 1. The van der Waals surface area contributed by atoms with Gasteiger partial charge in [-0.25, -0.2) is 0 Å². The summed E-state index contributed by atoms with van der Waals surface area (Å²) in [6.45, 7) is 0. The Hall–Kier alpha value is -3.34. The molecule has 0 radical (unpaired) electrons. The van der Waals surface area contributed by atoms with Crippen molar-refractivity contribution >= 4 is 5.69 Å². The molecule has 0 amide bonds. The molecule has 120 valence electrons. The number of benzene rings is 3. The van der Waals surface area contributed by atoms with Crippen molar-refractivity contribution in [2.45, 2.75) is 0 Å². The molecule has 0 aliphatic heterocycles. The molecule has 0 spiro atoms. The van der Waals surface area contributed by atoms with E-state index in [1.165, 1.54) is 19.2 Å². The number of hydrogen-bond acceptors (Lipinski definition) is 4. The van der Waals surface area contributed by atoms with Gasteiger partial charge in [0.2, 0.25) is 0 Å². The van der Waals surface area contributed by atoms with Crippen molar-refractivity contribution in [1.82, 2.24) is 0 Å². The van der Waals surface area contributed by atoms with Crippen LogP contribution < -0.4 is 4.74 Å². The predicted molar refractivity (Wildman–Crippen MR) is 92.2 cm³/mol. The van der Waals surface area contributed by atoms with Crippen LogP contribution in [0, 0.1) is 10.1 Å². The van der Waals surface area contributed by atoms with Crippen LogP contribution in [0.25, 0.3) is 22.3 Å². The molecule has 3 aromatic rings. The van der Waals surface area contributed by atoms with Gasteiger partial charge in [-0.1, -0.05) is 42.5 Å². The minimum Gasteiger partial charge on any atom is -0.507 e. The molecule has 24 heavy (non-hydrogen) atoms. The van der Waals surface area contributed by atoms with Crippen LogP contribution in [0.15, 0.2) is 66.7 Å². The first-order chi connectivity index (χ1) is 11.6. The zero-order chi connectivity index (χ0) is 17.1. The average molecular weight is 321 g/mol. The third kappa shape index (κ3) is 2.79. The summed E-state index contributed by atoms with van der Waals surface area (Å²) in [4.78, 5) is 11.1. The molecule has 0 fully saturated rings. The predicted octanol–water partition coefficient (Wildman–Crippen LogP) is 4.64. The molecule has 3 rings (SSSR count). The fraction of sp³-hybridized carbons (Fsp3) is 0.0526. The van der Waals surface area contributed by atoms with Crippen LogP contribution in [0.4, 0.5) is 5.69 Å². The van der Waals surface area contributed by atoms with Crippen LogP contribution >= 0.6 is 0 Å². The van der Waals surface area contributed by atoms with Crippen molar-refractivity contribution in [3.8, 4) is 33.8 Å². The van der Waals surface area contributed by atoms with E-state index in [2.05, 4.69) is 0 Å². The average Bonchev–Trinajstić information content (AvgIpc) is 2.61. The minimum absolute atomic E-state index is 0.0585. The fourth-order valence-electron chi connectivity index (χ4n) is 2.68. The molecule has 0 aliphatic rings. The summed E-state index contributed by atoms with van der Waals surface area (Å²) in [5.74, 6) is 0.414. The molecule has 0 atom stereocenters. The van der Waals surface area contributed by atoms with Gasteiger partial charge in [-0.05, 0) is 23.3 Å². The molecule has 3 aromatic carbocycles. The summed E-state index contributed by atoms with van der Waals surface area (Å²) in [7, 11) is 1.49. The SMILES string of the molecule is COc1ccc(-c2c(-c3ccccc3)cccc2[N+](=O)[O-])c(O)c1. The molecule has 0 aromatic heterocycles. The molecule has 5 nitrogen and oxygen atoms in total. The highest BCUT2D eigenvalue weighted by Gasteiger charge is 2.22. The van der Waals surface area contributed by atoms with Crippen molar-refractivity contribution in [3.63, 3.8) is 0 Å². The third-order valence-electron chi connectivity index (χ3n) is 3.80. The zero-order valence-corrected chi connectivity index (χ0v) is 13.0. The Morgan fingerprint density at radius 1 is 0.958 bits per heavy atom. The van der Waals surface area contributed by atoms with Crippen LogP contribution in [0.5, 0.6) is 11.5 Å². The van der Waals surface area contributed by atoms with E-state index in [4.69, 9.17) is 4.74 Å². The number of methoxy groups -OCH3 is 1. The summed E-state index contributed by atoms with van der Waals surface area (Å²) >= 11 is 0. The molecule has 0 saturated carbocycles. The smallest absolute Gasteiger partial charge is 0.277 e. The number of phenols is 1. The van der Waals surface area contributed by atoms with Crippen LogP contribution in [0.1, 0.15) is 0 Å². The van der Waals surface area contributed by atoms with Crippen molar-refractivity contribution in [2.75, 3.05) is 7.11 Å². The first-order valence-corrected chi connectivity index (χ1v) is 7.32. The van der Waals surface area contributed by atoms with E-state index in [1.807, 2.05) is 30.3 Å². The summed E-state index contributed by atoms with van der Waals surface area (Å²) in [5, 5.41) is 21.9. The van der Waals surface area contributed by atoms with E-state index in [-0.39, 0.29) is 11.4 Å². The summed E-state index contributed by atoms with van der Waals surface area (Å²) in [5.41, 5.74) is 2.24. The Kier molecular flexibility index (Phi) is 4.16. The maximum atomic E-state index is 11.5. The second-order valence-corrected chi connectivity index (χ2v) is 5.21. The number of hydrogen-bond donors (Lipinski definition) is 1. The van der Waals surface area contributed by atoms with E-state index < -0.39 is 4.92 Å². The summed E-state index contributed by atoms with van der Waals surface area (Å²) in [6.07, 6.45) is 0. The van der Waals surface area contributed by atoms with Crippen LogP contribution in [0.3, 0.4) is 0 Å². The highest BCUT2D eigenvalue weighted by atomic mass is 16.6. The highest BCUT2D eigenvalue weighted by molar-refractivity contribution is 5.91. The lowest BCUT2D eigenvalue weighted by Crippen LogP contribution is -1.95. The van der Waals surface area contributed by atoms with Crippen molar-refractivity contribution in [1.29, 1.82) is 0 Å². The Morgan fingerprint density at radius 2 is 1.71 bits per heavy atom. The number of ether oxygens (including phenoxy) is 1. The number of nitro benzene ring substituents is 1. The van der Waals surface area contributed by atoms with Gasteiger partial charge in [0, 0.05) is 17.7 Å². The van der Waals surface area contributed by atoms with Gasteiger partial charge >= 0.3 is 0 Å². The maximum Gasteiger partial charge on any atom is 0.277 e. The first-order valence-electron chi connectivity index (χ1n) is 7.32. The van der Waals surface area contributed by atoms with Crippen molar-refractivity contribution in [3.05, 3.63) is 76.8 Å². The standard InChI is InChI=1S/C19H15NO4/c1-24-14-10-11-16(18(21)12-14)19-15(13-6-3-2-4-7-13)8-5-9-17(19)20(22)23/h2-12,21H,1H3. The van der Waals surface area contributed by atoms with Gasteiger partial charge < -0.3 is 9.84 Å². The number of nitrogens with zero attached hydrogens (tertiary/aromatic N) is 1. The second kappa shape index (κ2) is 6.42. The van der Waals surface area contributed by atoms with Crippen LogP contribution in [0.2, 0.25) is 0 Å². The van der Waals surface area contributed by atoms with Gasteiger partial charge in [0.1, 0.15) is 11.5 Å². The molecule has 1 N–H and O–H groups in total. The Labute approximate surface area is 138 Å². The van der Waals surface area contributed by atoms with E-state index in [9.17, 15) is 15.2 Å². The molecular formula is C19H15NO4. The molecule has 0 aliphatic carbocycles. The lowest BCUT2D eigenvalue weighted by molar-refractivity contribution is -0.384. The summed E-state index contributed by atoms with van der Waals surface area (Å²) in [6, 6.07) is 19.0. The fourth-order valence-corrected chi connectivity index (χ4v) is 2.68. The van der Waals surface area contributed by atoms with E-state index in [0.717, 1.165) is 5.56 Å². The highest BCUT2D eigenvalue weighted by Crippen LogP contribution is 2.43. The molecule has 0 heterocycles. The van der Waals surface area contributed by atoms with Gasteiger partial charge in [0.05, 0.1) is 17.6 Å². The van der Waals surface area contributed by atoms with Gasteiger partial charge in [-0.15, -0.1) is 0 Å². The van der Waals surface area contributed by atoms with Crippen molar-refractivity contribution in [2.24, 2.45) is 0 Å². The molecular weight excluding hydrogens is 306 g/mol. The van der Waals surface area contributed by atoms with Gasteiger partial charge in [0.25, 0.3) is 5.69 Å². The normalized spacial score (nSPS) is 10.4. The number of phenolic OH excluding ortho intramolecular Hbond substituents is 1. The van der Waals surface area contributed by atoms with E-state index in [0.29, 0.717) is 22.4 Å². The van der Waals surface area contributed by atoms with Gasteiger partial charge in [-0.2, -0.15) is 0 Å². The van der Waals surface area contributed by atoms with E-state index >= 15 is 0 Å². The van der Waals surface area contributed by atoms with Crippen molar-refractivity contribution < 1.29 is 14.8 Å². The monoisotopic (exact) mass is 321 g/mol. The lowest BCUT2D eigenvalue weighted by Gasteiger charge is -2.13. The van der Waals surface area contributed by atoms with Gasteiger partial charge in [0.15, 0.2) is 0 Å². The topological polar surface area (TPSA) is 72.6 Å². The third-order valence-corrected chi connectivity index (χ3v) is 3.80. The Morgan fingerprint density at radius 3 is 2.33 bits per heavy atom. The Balaban J connectivity index is 2.31. The van der Waals surface area contributed by atoms with Gasteiger partial charge in [-0.3, -0.25) is 10.1 Å². The largest absolute Gasteiger partial charge is 0.507 e.